The van der Waals surface area contributed by atoms with E-state index in [0.29, 0.717) is 18.5 Å². The monoisotopic (exact) mass is 348 g/mol. The number of nitrogens with one attached hydrogen (secondary N) is 2. The SMILES string of the molecule is O=C1CCc2cc(NCc3ccc(Br)cc3F)ccc2N1. The fourth-order valence-electron chi connectivity index (χ4n) is 2.36. The third-order valence-electron chi connectivity index (χ3n) is 3.50. The van der Waals surface area contributed by atoms with Crippen LogP contribution in [0.3, 0.4) is 0 Å². The second kappa shape index (κ2) is 5.85. The quantitative estimate of drug-likeness (QED) is 0.877. The minimum absolute atomic E-state index is 0.0557. The van der Waals surface area contributed by atoms with Crippen LogP contribution in [0, 0.1) is 5.82 Å². The number of amides is 1. The number of anilines is 2. The molecular formula is C16H14BrFN2O. The first-order chi connectivity index (χ1) is 10.1. The highest BCUT2D eigenvalue weighted by molar-refractivity contribution is 9.10. The lowest BCUT2D eigenvalue weighted by atomic mass is 10.0. The maximum atomic E-state index is 13.8. The van der Waals surface area contributed by atoms with Crippen molar-refractivity contribution in [2.24, 2.45) is 0 Å². The Labute approximate surface area is 130 Å². The number of carbonyl (C=O) groups is 1. The van der Waals surface area contributed by atoms with Gasteiger partial charge in [-0.2, -0.15) is 0 Å². The molecule has 21 heavy (non-hydrogen) atoms. The van der Waals surface area contributed by atoms with Gasteiger partial charge < -0.3 is 10.6 Å². The summed E-state index contributed by atoms with van der Waals surface area (Å²) in [6.07, 6.45) is 1.25. The molecule has 1 aliphatic heterocycles. The van der Waals surface area contributed by atoms with Crippen molar-refractivity contribution < 1.29 is 9.18 Å². The van der Waals surface area contributed by atoms with Crippen molar-refractivity contribution in [3.8, 4) is 0 Å². The van der Waals surface area contributed by atoms with Gasteiger partial charge in [-0.15, -0.1) is 0 Å². The fourth-order valence-corrected chi connectivity index (χ4v) is 2.69. The summed E-state index contributed by atoms with van der Waals surface area (Å²) in [5.74, 6) is -0.178. The van der Waals surface area contributed by atoms with Crippen molar-refractivity contribution in [3.05, 3.63) is 57.8 Å². The summed E-state index contributed by atoms with van der Waals surface area (Å²) in [7, 11) is 0. The summed E-state index contributed by atoms with van der Waals surface area (Å²) in [6.45, 7) is 0.421. The molecule has 0 saturated carbocycles. The molecule has 2 N–H and O–H groups in total. The number of hydrogen-bond acceptors (Lipinski definition) is 2. The molecule has 1 heterocycles. The number of benzene rings is 2. The number of aryl methyl sites for hydroxylation is 1. The van der Waals surface area contributed by atoms with Gasteiger partial charge in [-0.3, -0.25) is 4.79 Å². The van der Waals surface area contributed by atoms with Gasteiger partial charge in [0.1, 0.15) is 5.82 Å². The molecule has 0 bridgehead atoms. The molecule has 2 aromatic carbocycles. The van der Waals surface area contributed by atoms with Gasteiger partial charge in [0.2, 0.25) is 5.91 Å². The molecule has 0 radical (unpaired) electrons. The summed E-state index contributed by atoms with van der Waals surface area (Å²) in [5.41, 5.74) is 3.51. The molecule has 0 saturated heterocycles. The molecule has 0 aliphatic carbocycles. The zero-order valence-corrected chi connectivity index (χ0v) is 12.8. The Hall–Kier alpha value is -1.88. The van der Waals surface area contributed by atoms with E-state index in [1.807, 2.05) is 24.3 Å². The molecule has 1 amide bonds. The zero-order valence-electron chi connectivity index (χ0n) is 11.2. The third-order valence-corrected chi connectivity index (χ3v) is 3.99. The predicted octanol–water partition coefficient (Wildman–Crippen LogP) is 4.09. The van der Waals surface area contributed by atoms with E-state index in [0.717, 1.165) is 27.8 Å². The van der Waals surface area contributed by atoms with Crippen LogP contribution in [0.25, 0.3) is 0 Å². The Kier molecular flexibility index (Phi) is 3.92. The molecule has 0 unspecified atom stereocenters. The standard InChI is InChI=1S/C16H14BrFN2O/c17-12-3-1-11(14(18)8-12)9-19-13-4-5-15-10(7-13)2-6-16(21)20-15/h1,3-5,7-8,19H,2,6,9H2,(H,20,21). The van der Waals surface area contributed by atoms with Crippen molar-refractivity contribution in [2.45, 2.75) is 19.4 Å². The van der Waals surface area contributed by atoms with Crippen LogP contribution < -0.4 is 10.6 Å². The number of carbonyl (C=O) groups excluding carboxylic acids is 1. The summed E-state index contributed by atoms with van der Waals surface area (Å²) in [5, 5.41) is 6.06. The van der Waals surface area contributed by atoms with Crippen molar-refractivity contribution in [2.75, 3.05) is 10.6 Å². The number of rotatable bonds is 3. The van der Waals surface area contributed by atoms with Crippen molar-refractivity contribution in [1.29, 1.82) is 0 Å². The van der Waals surface area contributed by atoms with Crippen molar-refractivity contribution >= 4 is 33.2 Å². The Morgan fingerprint density at radius 3 is 2.86 bits per heavy atom. The predicted molar refractivity (Wildman–Crippen MR) is 84.8 cm³/mol. The Bertz CT molecular complexity index is 703. The maximum Gasteiger partial charge on any atom is 0.224 e. The van der Waals surface area contributed by atoms with Crippen LogP contribution in [0.4, 0.5) is 15.8 Å². The fraction of sp³-hybridized carbons (Fsp3) is 0.188. The van der Waals surface area contributed by atoms with Gasteiger partial charge in [0.25, 0.3) is 0 Å². The van der Waals surface area contributed by atoms with Crippen LogP contribution in [0.2, 0.25) is 0 Å². The Morgan fingerprint density at radius 2 is 2.05 bits per heavy atom. The molecule has 5 heteroatoms. The first-order valence-corrected chi connectivity index (χ1v) is 7.52. The van der Waals surface area contributed by atoms with Crippen LogP contribution in [0.5, 0.6) is 0 Å². The summed E-state index contributed by atoms with van der Waals surface area (Å²) in [6, 6.07) is 10.8. The topological polar surface area (TPSA) is 41.1 Å². The van der Waals surface area contributed by atoms with Crippen LogP contribution in [0.15, 0.2) is 40.9 Å². The highest BCUT2D eigenvalue weighted by Crippen LogP contribution is 2.26. The van der Waals surface area contributed by atoms with E-state index < -0.39 is 0 Å². The highest BCUT2D eigenvalue weighted by Gasteiger charge is 2.14. The largest absolute Gasteiger partial charge is 0.381 e. The van der Waals surface area contributed by atoms with Crippen LogP contribution in [-0.4, -0.2) is 5.91 Å². The van der Waals surface area contributed by atoms with Gasteiger partial charge in [-0.05, 0) is 42.3 Å². The van der Waals surface area contributed by atoms with E-state index in [9.17, 15) is 9.18 Å². The van der Waals surface area contributed by atoms with Gasteiger partial charge in [0.15, 0.2) is 0 Å². The molecule has 0 fully saturated rings. The van der Waals surface area contributed by atoms with E-state index in [-0.39, 0.29) is 11.7 Å². The lowest BCUT2D eigenvalue weighted by Crippen LogP contribution is -2.19. The average molecular weight is 349 g/mol. The van der Waals surface area contributed by atoms with E-state index in [1.54, 1.807) is 6.07 Å². The first-order valence-electron chi connectivity index (χ1n) is 6.72. The lowest BCUT2D eigenvalue weighted by Gasteiger charge is -2.18. The molecule has 0 atom stereocenters. The van der Waals surface area contributed by atoms with E-state index in [1.165, 1.54) is 6.07 Å². The Balaban J connectivity index is 1.72. The second-order valence-electron chi connectivity index (χ2n) is 5.01. The molecular weight excluding hydrogens is 335 g/mol. The molecule has 0 spiro atoms. The summed E-state index contributed by atoms with van der Waals surface area (Å²) >= 11 is 3.24. The van der Waals surface area contributed by atoms with E-state index in [2.05, 4.69) is 26.6 Å². The molecule has 3 rings (SSSR count). The van der Waals surface area contributed by atoms with Gasteiger partial charge in [0.05, 0.1) is 0 Å². The summed E-state index contributed by atoms with van der Waals surface area (Å²) < 4.78 is 14.5. The maximum absolute atomic E-state index is 13.8. The molecule has 2 aromatic rings. The molecule has 3 nitrogen and oxygen atoms in total. The Morgan fingerprint density at radius 1 is 1.19 bits per heavy atom. The second-order valence-corrected chi connectivity index (χ2v) is 5.93. The third kappa shape index (κ3) is 3.24. The van der Waals surface area contributed by atoms with Gasteiger partial charge in [-0.25, -0.2) is 4.39 Å². The van der Waals surface area contributed by atoms with Crippen LogP contribution >= 0.6 is 15.9 Å². The smallest absolute Gasteiger partial charge is 0.224 e. The van der Waals surface area contributed by atoms with Crippen LogP contribution in [0.1, 0.15) is 17.5 Å². The van der Waals surface area contributed by atoms with Gasteiger partial charge >= 0.3 is 0 Å². The lowest BCUT2D eigenvalue weighted by molar-refractivity contribution is -0.116. The molecule has 1 aliphatic rings. The van der Waals surface area contributed by atoms with E-state index >= 15 is 0 Å². The average Bonchev–Trinajstić information content (AvgIpc) is 2.46. The van der Waals surface area contributed by atoms with Crippen LogP contribution in [-0.2, 0) is 17.8 Å². The normalized spacial score (nSPS) is 13.5. The zero-order chi connectivity index (χ0) is 14.8. The van der Waals surface area contributed by atoms with Gasteiger partial charge in [0, 0.05) is 34.4 Å². The molecule has 108 valence electrons. The highest BCUT2D eigenvalue weighted by atomic mass is 79.9. The minimum Gasteiger partial charge on any atom is -0.381 e. The minimum atomic E-state index is -0.234. The molecule has 0 aromatic heterocycles. The van der Waals surface area contributed by atoms with Gasteiger partial charge in [-0.1, -0.05) is 22.0 Å². The number of hydrogen-bond donors (Lipinski definition) is 2. The van der Waals surface area contributed by atoms with E-state index in [4.69, 9.17) is 0 Å². The number of fused-ring (bicyclic) bond motifs is 1. The summed E-state index contributed by atoms with van der Waals surface area (Å²) in [4.78, 5) is 11.3. The van der Waals surface area contributed by atoms with Crippen molar-refractivity contribution in [1.82, 2.24) is 0 Å². The van der Waals surface area contributed by atoms with Crippen molar-refractivity contribution in [3.63, 3.8) is 0 Å². The number of halogens is 2. The first kappa shape index (κ1) is 14.1.